The van der Waals surface area contributed by atoms with Crippen molar-refractivity contribution in [3.8, 4) is 5.69 Å². The highest BCUT2D eigenvalue weighted by Crippen LogP contribution is 2.22. The number of para-hydroxylation sites is 1. The second-order valence-corrected chi connectivity index (χ2v) is 8.21. The monoisotopic (exact) mass is 449 g/mol. The van der Waals surface area contributed by atoms with E-state index in [1.807, 2.05) is 63.2 Å². The lowest BCUT2D eigenvalue weighted by Gasteiger charge is -2.13. The minimum Gasteiger partial charge on any atom is -0.475 e. The Balaban J connectivity index is 1.56. The highest BCUT2D eigenvalue weighted by Gasteiger charge is 2.14. The van der Waals surface area contributed by atoms with E-state index in [2.05, 4.69) is 25.6 Å². The van der Waals surface area contributed by atoms with Crippen molar-refractivity contribution in [3.63, 3.8) is 0 Å². The summed E-state index contributed by atoms with van der Waals surface area (Å²) in [4.78, 5) is 16.9. The van der Waals surface area contributed by atoms with Crippen molar-refractivity contribution in [1.29, 1.82) is 0 Å². The molecule has 0 radical (unpaired) electrons. The quantitative estimate of drug-likeness (QED) is 0.254. The van der Waals surface area contributed by atoms with E-state index in [1.165, 1.54) is 9.36 Å². The molecule has 0 N–H and O–H groups in total. The molecule has 2 aromatic carbocycles. The number of nitrogens with zero attached hydrogens (tertiary/aromatic N) is 7. The summed E-state index contributed by atoms with van der Waals surface area (Å²) >= 11 is 1.58. The first-order chi connectivity index (χ1) is 15.5. The van der Waals surface area contributed by atoms with E-state index in [0.717, 1.165) is 32.1 Å². The van der Waals surface area contributed by atoms with Gasteiger partial charge in [0, 0.05) is 19.0 Å². The van der Waals surface area contributed by atoms with Crippen molar-refractivity contribution in [2.24, 2.45) is 17.3 Å². The van der Waals surface area contributed by atoms with E-state index in [9.17, 15) is 4.79 Å². The Morgan fingerprint density at radius 1 is 1.12 bits per heavy atom. The van der Waals surface area contributed by atoms with E-state index < -0.39 is 0 Å². The van der Waals surface area contributed by atoms with Crippen LogP contribution in [0.2, 0.25) is 0 Å². The molecule has 0 unspecified atom stereocenters. The highest BCUT2D eigenvalue weighted by atomic mass is 32.1. The van der Waals surface area contributed by atoms with Crippen LogP contribution in [0.15, 0.2) is 57.5 Å². The average Bonchev–Trinajstić information content (AvgIpc) is 3.38. The van der Waals surface area contributed by atoms with Gasteiger partial charge >= 0.3 is 5.69 Å². The van der Waals surface area contributed by atoms with E-state index >= 15 is 0 Å². The van der Waals surface area contributed by atoms with Gasteiger partial charge in [-0.2, -0.15) is 9.36 Å². The Bertz CT molecular complexity index is 1350. The van der Waals surface area contributed by atoms with Crippen LogP contribution in [-0.4, -0.2) is 36.4 Å². The molecule has 0 fully saturated rings. The van der Waals surface area contributed by atoms with Crippen molar-refractivity contribution in [2.45, 2.75) is 33.8 Å². The molecule has 2 aromatic heterocycles. The van der Waals surface area contributed by atoms with Crippen LogP contribution in [0.5, 0.6) is 0 Å². The largest absolute Gasteiger partial charge is 0.475 e. The van der Waals surface area contributed by atoms with Crippen LogP contribution in [0.1, 0.15) is 36.4 Å². The van der Waals surface area contributed by atoms with Gasteiger partial charge in [0.05, 0.1) is 21.6 Å². The van der Waals surface area contributed by atoms with Gasteiger partial charge in [-0.15, -0.1) is 21.5 Å². The maximum Gasteiger partial charge on any atom is 0.368 e. The van der Waals surface area contributed by atoms with Gasteiger partial charge in [0.25, 0.3) is 0 Å². The predicted octanol–water partition coefficient (Wildman–Crippen LogP) is 3.63. The molecule has 0 spiro atoms. The summed E-state index contributed by atoms with van der Waals surface area (Å²) in [5.74, 6) is 0.492. The van der Waals surface area contributed by atoms with Gasteiger partial charge in [0.15, 0.2) is 0 Å². The maximum absolute atomic E-state index is 12.3. The molecule has 0 saturated carbocycles. The molecular weight excluding hydrogens is 426 g/mol. The van der Waals surface area contributed by atoms with E-state index in [4.69, 9.17) is 4.74 Å². The first-order valence-corrected chi connectivity index (χ1v) is 11.0. The average molecular weight is 450 g/mol. The van der Waals surface area contributed by atoms with Crippen LogP contribution < -0.4 is 5.69 Å². The number of benzene rings is 2. The van der Waals surface area contributed by atoms with Gasteiger partial charge in [0.2, 0.25) is 5.90 Å². The van der Waals surface area contributed by atoms with Gasteiger partial charge in [-0.25, -0.2) is 9.78 Å². The van der Waals surface area contributed by atoms with E-state index in [0.29, 0.717) is 18.0 Å². The fourth-order valence-electron chi connectivity index (χ4n) is 3.10. The normalized spacial score (nSPS) is 12.5. The summed E-state index contributed by atoms with van der Waals surface area (Å²) in [6.07, 6.45) is 0.572. The summed E-state index contributed by atoms with van der Waals surface area (Å²) in [5.41, 5.74) is 3.80. The number of tetrazole rings is 1. The maximum atomic E-state index is 12.3. The lowest BCUT2D eigenvalue weighted by molar-refractivity contribution is 0.282. The zero-order chi connectivity index (χ0) is 22.7. The fraction of sp³-hybridized carbons (Fsp3) is 0.273. The number of rotatable bonds is 6. The number of thiazole rings is 1. The van der Waals surface area contributed by atoms with Crippen molar-refractivity contribution in [3.05, 3.63) is 69.1 Å². The number of fused-ring (bicyclic) bond motifs is 1. The van der Waals surface area contributed by atoms with Crippen LogP contribution in [0.3, 0.4) is 0 Å². The number of hydrogen-bond donors (Lipinski definition) is 0. The van der Waals surface area contributed by atoms with Crippen LogP contribution >= 0.6 is 11.3 Å². The fourth-order valence-corrected chi connectivity index (χ4v) is 4.00. The summed E-state index contributed by atoms with van der Waals surface area (Å²) in [7, 11) is 1.56. The highest BCUT2D eigenvalue weighted by molar-refractivity contribution is 7.20. The van der Waals surface area contributed by atoms with Gasteiger partial charge in [-0.1, -0.05) is 31.2 Å². The Kier molecular flexibility index (Phi) is 6.22. The predicted molar refractivity (Wildman–Crippen MR) is 126 cm³/mol. The minimum absolute atomic E-state index is 0.230. The first kappa shape index (κ1) is 21.6. The number of aryl methyl sites for hydroxylation is 2. The molecule has 0 saturated heterocycles. The topological polar surface area (TPSA) is 99.5 Å². The number of hydrogen-bond acceptors (Lipinski definition) is 8. The zero-order valence-corrected chi connectivity index (χ0v) is 19.1. The third-order valence-electron chi connectivity index (χ3n) is 4.94. The van der Waals surface area contributed by atoms with E-state index in [1.54, 1.807) is 18.4 Å². The Morgan fingerprint density at radius 3 is 2.66 bits per heavy atom. The standard InChI is InChI=1S/C22H23N7O2S/c1-5-20(25-24-15(3)21-23-17-10-6-7-12-19(17)32-21)31-13-16-14(2)9-8-11-18(16)29-22(30)28(4)26-27-29/h6-12H,5,13H2,1-4H3/b24-15+,25-20+. The number of aromatic nitrogens is 5. The Morgan fingerprint density at radius 2 is 1.94 bits per heavy atom. The lowest BCUT2D eigenvalue weighted by Crippen LogP contribution is -2.23. The number of ether oxygens (including phenoxy) is 1. The molecule has 4 aromatic rings. The summed E-state index contributed by atoms with van der Waals surface area (Å²) in [5, 5.41) is 17.2. The molecule has 32 heavy (non-hydrogen) atoms. The molecule has 0 bridgehead atoms. The zero-order valence-electron chi connectivity index (χ0n) is 18.3. The summed E-state index contributed by atoms with van der Waals surface area (Å²) < 4.78 is 9.53. The van der Waals surface area contributed by atoms with Crippen molar-refractivity contribution in [2.75, 3.05) is 0 Å². The molecule has 4 rings (SSSR count). The second kappa shape index (κ2) is 9.23. The molecular formula is C22H23N7O2S. The SMILES string of the molecule is CC/C(=N\N=C(/C)c1nc2ccccc2s1)OCc1c(C)cccc1-n1nnn(C)c1=O. The van der Waals surface area contributed by atoms with Gasteiger partial charge in [-0.05, 0) is 48.0 Å². The van der Waals surface area contributed by atoms with Gasteiger partial charge in [-0.3, -0.25) is 0 Å². The van der Waals surface area contributed by atoms with Gasteiger partial charge in [0.1, 0.15) is 11.6 Å². The van der Waals surface area contributed by atoms with Crippen LogP contribution in [0, 0.1) is 6.92 Å². The third-order valence-corrected chi connectivity index (χ3v) is 6.08. The molecule has 0 aliphatic rings. The molecule has 0 aliphatic carbocycles. The minimum atomic E-state index is -0.322. The molecule has 10 heteroatoms. The molecule has 0 atom stereocenters. The molecule has 9 nitrogen and oxygen atoms in total. The second-order valence-electron chi connectivity index (χ2n) is 7.18. The van der Waals surface area contributed by atoms with E-state index in [-0.39, 0.29) is 12.3 Å². The molecule has 164 valence electrons. The summed E-state index contributed by atoms with van der Waals surface area (Å²) in [6.45, 7) is 6.02. The van der Waals surface area contributed by atoms with Crippen molar-refractivity contribution < 1.29 is 4.74 Å². The summed E-state index contributed by atoms with van der Waals surface area (Å²) in [6, 6.07) is 13.6. The van der Waals surface area contributed by atoms with Gasteiger partial charge < -0.3 is 4.74 Å². The molecule has 2 heterocycles. The molecule has 0 aliphatic heterocycles. The van der Waals surface area contributed by atoms with Crippen molar-refractivity contribution >= 4 is 33.2 Å². The third kappa shape index (κ3) is 4.35. The van der Waals surface area contributed by atoms with Crippen LogP contribution in [0.4, 0.5) is 0 Å². The Labute approximate surface area is 188 Å². The Hall–Kier alpha value is -3.66. The lowest BCUT2D eigenvalue weighted by atomic mass is 10.1. The first-order valence-electron chi connectivity index (χ1n) is 10.2. The van der Waals surface area contributed by atoms with Crippen molar-refractivity contribution in [1.82, 2.24) is 24.8 Å². The smallest absolute Gasteiger partial charge is 0.368 e. The van der Waals surface area contributed by atoms with Crippen LogP contribution in [-0.2, 0) is 18.4 Å². The molecule has 0 amide bonds. The van der Waals surface area contributed by atoms with Crippen LogP contribution in [0.25, 0.3) is 15.9 Å².